The molecule has 19 heavy (non-hydrogen) atoms. The van der Waals surface area contributed by atoms with E-state index in [1.807, 2.05) is 31.2 Å². The summed E-state index contributed by atoms with van der Waals surface area (Å²) in [4.78, 5) is 11.2. The Balaban J connectivity index is 2.35. The van der Waals surface area contributed by atoms with Gasteiger partial charge in [-0.2, -0.15) is 0 Å². The van der Waals surface area contributed by atoms with Crippen LogP contribution < -0.4 is 4.74 Å². The fraction of sp³-hybridized carbons (Fsp3) is 0.267. The Kier molecular flexibility index (Phi) is 4.36. The van der Waals surface area contributed by atoms with E-state index in [4.69, 9.17) is 9.47 Å². The summed E-state index contributed by atoms with van der Waals surface area (Å²) < 4.78 is 10.8. The second-order valence-corrected chi connectivity index (χ2v) is 4.01. The van der Waals surface area contributed by atoms with Crippen LogP contribution in [0.3, 0.4) is 0 Å². The number of hydrogen-bond donors (Lipinski definition) is 1. The third-order valence-corrected chi connectivity index (χ3v) is 2.79. The summed E-state index contributed by atoms with van der Waals surface area (Å²) in [5, 5.41) is 11.0. The van der Waals surface area contributed by atoms with Gasteiger partial charge in [0.25, 0.3) is 0 Å². The lowest BCUT2D eigenvalue weighted by molar-refractivity contribution is 0.0687. The van der Waals surface area contributed by atoms with E-state index in [0.717, 1.165) is 10.8 Å². The van der Waals surface area contributed by atoms with Crippen LogP contribution in [-0.4, -0.2) is 30.9 Å². The van der Waals surface area contributed by atoms with Crippen molar-refractivity contribution in [1.82, 2.24) is 0 Å². The first-order valence-electron chi connectivity index (χ1n) is 6.19. The predicted molar refractivity (Wildman–Crippen MR) is 72.9 cm³/mol. The summed E-state index contributed by atoms with van der Waals surface area (Å²) in [6, 6.07) is 10.9. The van der Waals surface area contributed by atoms with E-state index in [1.165, 1.54) is 0 Å². The molecule has 0 saturated heterocycles. The van der Waals surface area contributed by atoms with Gasteiger partial charge in [0.1, 0.15) is 17.9 Å². The molecule has 0 aromatic heterocycles. The number of benzene rings is 2. The Morgan fingerprint density at radius 3 is 2.68 bits per heavy atom. The average Bonchev–Trinajstić information content (AvgIpc) is 2.43. The molecule has 0 aliphatic heterocycles. The van der Waals surface area contributed by atoms with Crippen LogP contribution in [0.4, 0.5) is 0 Å². The Labute approximate surface area is 111 Å². The zero-order valence-corrected chi connectivity index (χ0v) is 10.8. The van der Waals surface area contributed by atoms with E-state index in [2.05, 4.69) is 0 Å². The Bertz CT molecular complexity index is 577. The highest BCUT2D eigenvalue weighted by molar-refractivity contribution is 6.00. The molecule has 0 heterocycles. The lowest BCUT2D eigenvalue weighted by Gasteiger charge is -2.12. The second-order valence-electron chi connectivity index (χ2n) is 4.01. The highest BCUT2D eigenvalue weighted by Gasteiger charge is 2.14. The van der Waals surface area contributed by atoms with Crippen molar-refractivity contribution in [3.63, 3.8) is 0 Å². The number of hydrogen-bond acceptors (Lipinski definition) is 3. The van der Waals surface area contributed by atoms with E-state index in [0.29, 0.717) is 25.6 Å². The molecule has 4 nitrogen and oxygen atoms in total. The van der Waals surface area contributed by atoms with Gasteiger partial charge in [0.05, 0.1) is 6.61 Å². The van der Waals surface area contributed by atoms with E-state index in [-0.39, 0.29) is 5.56 Å². The van der Waals surface area contributed by atoms with Crippen LogP contribution in [0.1, 0.15) is 17.3 Å². The molecule has 0 saturated carbocycles. The molecule has 0 radical (unpaired) electrons. The zero-order chi connectivity index (χ0) is 13.7. The van der Waals surface area contributed by atoms with Crippen LogP contribution in [0.5, 0.6) is 5.75 Å². The van der Waals surface area contributed by atoms with E-state index in [9.17, 15) is 9.90 Å². The standard InChI is InChI=1S/C15H16O4/c1-2-18-9-10-19-14-12-6-4-3-5-11(12)7-8-13(14)15(16)17/h3-8H,2,9-10H2,1H3,(H,16,17). The first-order valence-corrected chi connectivity index (χ1v) is 6.19. The first-order chi connectivity index (χ1) is 9.24. The lowest BCUT2D eigenvalue weighted by atomic mass is 10.1. The summed E-state index contributed by atoms with van der Waals surface area (Å²) in [5.74, 6) is -0.581. The normalized spacial score (nSPS) is 10.6. The smallest absolute Gasteiger partial charge is 0.339 e. The molecule has 0 amide bonds. The highest BCUT2D eigenvalue weighted by atomic mass is 16.5. The Hall–Kier alpha value is -2.07. The lowest BCUT2D eigenvalue weighted by Crippen LogP contribution is -2.09. The number of carbonyl (C=O) groups is 1. The molecular formula is C15H16O4. The Morgan fingerprint density at radius 2 is 1.95 bits per heavy atom. The van der Waals surface area contributed by atoms with E-state index < -0.39 is 5.97 Å². The molecule has 1 N–H and O–H groups in total. The van der Waals surface area contributed by atoms with Crippen LogP contribution >= 0.6 is 0 Å². The summed E-state index contributed by atoms with van der Waals surface area (Å²) in [6.45, 7) is 3.30. The molecule has 0 fully saturated rings. The molecule has 0 bridgehead atoms. The van der Waals surface area contributed by atoms with Gasteiger partial charge in [0.15, 0.2) is 0 Å². The van der Waals surface area contributed by atoms with Crippen molar-refractivity contribution in [2.75, 3.05) is 19.8 Å². The van der Waals surface area contributed by atoms with Gasteiger partial charge < -0.3 is 14.6 Å². The number of ether oxygens (including phenoxy) is 2. The number of carboxylic acids is 1. The number of rotatable bonds is 6. The van der Waals surface area contributed by atoms with Gasteiger partial charge in [-0.05, 0) is 18.4 Å². The molecule has 2 aromatic rings. The van der Waals surface area contributed by atoms with Crippen molar-refractivity contribution >= 4 is 16.7 Å². The summed E-state index contributed by atoms with van der Waals surface area (Å²) in [7, 11) is 0. The van der Waals surface area contributed by atoms with Crippen molar-refractivity contribution in [3.8, 4) is 5.75 Å². The highest BCUT2D eigenvalue weighted by Crippen LogP contribution is 2.29. The van der Waals surface area contributed by atoms with Gasteiger partial charge in [0.2, 0.25) is 0 Å². The third kappa shape index (κ3) is 3.03. The topological polar surface area (TPSA) is 55.8 Å². The quantitative estimate of drug-likeness (QED) is 0.811. The van der Waals surface area contributed by atoms with Gasteiger partial charge in [-0.25, -0.2) is 4.79 Å². The largest absolute Gasteiger partial charge is 0.490 e. The number of aromatic carboxylic acids is 1. The van der Waals surface area contributed by atoms with Crippen molar-refractivity contribution in [1.29, 1.82) is 0 Å². The summed E-state index contributed by atoms with van der Waals surface area (Å²) in [6.07, 6.45) is 0. The molecule has 0 aliphatic rings. The van der Waals surface area contributed by atoms with Gasteiger partial charge >= 0.3 is 5.97 Å². The molecule has 2 rings (SSSR count). The molecule has 0 unspecified atom stereocenters. The van der Waals surface area contributed by atoms with Crippen molar-refractivity contribution < 1.29 is 19.4 Å². The molecule has 0 atom stereocenters. The fourth-order valence-corrected chi connectivity index (χ4v) is 1.91. The van der Waals surface area contributed by atoms with Crippen LogP contribution in [0.2, 0.25) is 0 Å². The van der Waals surface area contributed by atoms with Gasteiger partial charge in [-0.1, -0.05) is 30.3 Å². The first kappa shape index (κ1) is 13.4. The van der Waals surface area contributed by atoms with Crippen LogP contribution in [0.25, 0.3) is 10.8 Å². The SMILES string of the molecule is CCOCCOc1c(C(=O)O)ccc2ccccc12. The van der Waals surface area contributed by atoms with Gasteiger partial charge in [-0.3, -0.25) is 0 Å². The number of carboxylic acid groups (broad SMARTS) is 1. The van der Waals surface area contributed by atoms with Crippen LogP contribution in [0.15, 0.2) is 36.4 Å². The zero-order valence-electron chi connectivity index (χ0n) is 10.8. The van der Waals surface area contributed by atoms with Crippen molar-refractivity contribution in [2.45, 2.75) is 6.92 Å². The molecule has 0 spiro atoms. The molecular weight excluding hydrogens is 244 g/mol. The monoisotopic (exact) mass is 260 g/mol. The van der Waals surface area contributed by atoms with Crippen LogP contribution in [-0.2, 0) is 4.74 Å². The predicted octanol–water partition coefficient (Wildman–Crippen LogP) is 2.95. The second kappa shape index (κ2) is 6.20. The maximum absolute atomic E-state index is 11.2. The fourth-order valence-electron chi connectivity index (χ4n) is 1.91. The van der Waals surface area contributed by atoms with Crippen molar-refractivity contribution in [2.24, 2.45) is 0 Å². The summed E-state index contributed by atoms with van der Waals surface area (Å²) >= 11 is 0. The molecule has 4 heteroatoms. The summed E-state index contributed by atoms with van der Waals surface area (Å²) in [5.41, 5.74) is 0.176. The maximum atomic E-state index is 11.2. The minimum Gasteiger partial charge on any atom is -0.490 e. The Morgan fingerprint density at radius 1 is 1.16 bits per heavy atom. The molecule has 0 aliphatic carbocycles. The van der Waals surface area contributed by atoms with Crippen molar-refractivity contribution in [3.05, 3.63) is 42.0 Å². The van der Waals surface area contributed by atoms with E-state index in [1.54, 1.807) is 12.1 Å². The maximum Gasteiger partial charge on any atom is 0.339 e. The third-order valence-electron chi connectivity index (χ3n) is 2.79. The molecule has 2 aromatic carbocycles. The van der Waals surface area contributed by atoms with Gasteiger partial charge in [0, 0.05) is 12.0 Å². The minimum absolute atomic E-state index is 0.176. The van der Waals surface area contributed by atoms with Crippen LogP contribution in [0, 0.1) is 0 Å². The van der Waals surface area contributed by atoms with Gasteiger partial charge in [-0.15, -0.1) is 0 Å². The molecule has 100 valence electrons. The van der Waals surface area contributed by atoms with E-state index >= 15 is 0 Å². The minimum atomic E-state index is -0.989. The number of fused-ring (bicyclic) bond motifs is 1. The average molecular weight is 260 g/mol.